The van der Waals surface area contributed by atoms with Gasteiger partial charge in [-0.3, -0.25) is 0 Å². The minimum atomic E-state index is -3.49. The zero-order chi connectivity index (χ0) is 14.7. The van der Waals surface area contributed by atoms with Gasteiger partial charge in [0.15, 0.2) is 10.9 Å². The summed E-state index contributed by atoms with van der Waals surface area (Å²) in [5.74, 6) is 0. The molecular weight excluding hydrogens is 290 g/mol. The van der Waals surface area contributed by atoms with Crippen LogP contribution in [0.5, 0.6) is 0 Å². The molecule has 2 unspecified atom stereocenters. The smallest absolute Gasteiger partial charge is 0.175 e. The molecule has 3 aliphatic rings. The zero-order valence-electron chi connectivity index (χ0n) is 11.3. The van der Waals surface area contributed by atoms with Gasteiger partial charge in [0.1, 0.15) is 16.5 Å². The van der Waals surface area contributed by atoms with Crippen LogP contribution in [0.25, 0.3) is 0 Å². The van der Waals surface area contributed by atoms with Crippen molar-refractivity contribution in [2.75, 3.05) is 0 Å². The van der Waals surface area contributed by atoms with Gasteiger partial charge in [-0.25, -0.2) is 0 Å². The van der Waals surface area contributed by atoms with E-state index in [2.05, 4.69) is 4.72 Å². The molecule has 6 heteroatoms. The first-order valence-corrected chi connectivity index (χ1v) is 8.66. The van der Waals surface area contributed by atoms with Crippen LogP contribution in [-0.4, -0.2) is 38.8 Å². The molecule has 0 amide bonds. The lowest BCUT2D eigenvalue weighted by atomic mass is 9.83. The van der Waals surface area contributed by atoms with Crippen LogP contribution < -0.4 is 4.72 Å². The van der Waals surface area contributed by atoms with Gasteiger partial charge in [-0.1, -0.05) is 40.6 Å². The highest BCUT2D eigenvalue weighted by Gasteiger charge is 2.67. The number of aliphatic hydroxyl groups excluding tert-OH is 1. The van der Waals surface area contributed by atoms with Gasteiger partial charge >= 0.3 is 0 Å². The average Bonchev–Trinajstić information content (AvgIpc) is 3.05. The van der Waals surface area contributed by atoms with Crippen molar-refractivity contribution in [3.63, 3.8) is 0 Å². The molecule has 3 heterocycles. The number of aliphatic hydroxyl groups is 1. The first-order valence-electron chi connectivity index (χ1n) is 7.11. The van der Waals surface area contributed by atoms with Crippen molar-refractivity contribution >= 4 is 10.4 Å². The normalized spacial score (nSPS) is 47.5. The molecule has 1 aromatic carbocycles. The van der Waals surface area contributed by atoms with E-state index in [1.165, 1.54) is 0 Å². The Labute approximate surface area is 124 Å². The van der Waals surface area contributed by atoms with Crippen LogP contribution in [0.2, 0.25) is 0 Å². The minimum Gasteiger partial charge on any atom is -0.597 e. The van der Waals surface area contributed by atoms with E-state index >= 15 is 0 Å². The number of nitrogens with one attached hydrogen (secondary N) is 1. The topological polar surface area (TPSA) is 81.6 Å². The maximum atomic E-state index is 12.5. The fraction of sp³-hybridized carbons (Fsp3) is 0.467. The van der Waals surface area contributed by atoms with Crippen LogP contribution in [-0.2, 0) is 25.8 Å². The van der Waals surface area contributed by atoms with Crippen LogP contribution in [0, 0.1) is 0 Å². The third-order valence-electron chi connectivity index (χ3n) is 4.71. The molecule has 112 valence electrons. The molecule has 21 heavy (non-hydrogen) atoms. The summed E-state index contributed by atoms with van der Waals surface area (Å²) >= 11 is 0. The molecule has 0 aliphatic carbocycles. The number of ether oxygens (including phenoxy) is 1. The Balaban J connectivity index is 1.67. The Morgan fingerprint density at radius 1 is 1.43 bits per heavy atom. The van der Waals surface area contributed by atoms with E-state index in [-0.39, 0.29) is 6.10 Å². The minimum absolute atomic E-state index is 0.197. The van der Waals surface area contributed by atoms with Crippen LogP contribution >= 0.6 is 0 Å². The van der Waals surface area contributed by atoms with Crippen molar-refractivity contribution in [3.8, 4) is 0 Å². The van der Waals surface area contributed by atoms with E-state index in [1.54, 1.807) is 6.08 Å². The van der Waals surface area contributed by atoms with E-state index in [4.69, 9.17) is 4.74 Å². The summed E-state index contributed by atoms with van der Waals surface area (Å²) in [6.07, 6.45) is 3.39. The average molecular weight is 307 g/mol. The first kappa shape index (κ1) is 13.6. The second-order valence-corrected chi connectivity index (χ2v) is 7.89. The van der Waals surface area contributed by atoms with E-state index in [9.17, 15) is 13.9 Å². The fourth-order valence-electron chi connectivity index (χ4n) is 3.72. The van der Waals surface area contributed by atoms with Crippen LogP contribution in [0.1, 0.15) is 12.0 Å². The molecule has 6 atom stereocenters. The maximum Gasteiger partial charge on any atom is 0.175 e. The van der Waals surface area contributed by atoms with Gasteiger partial charge in [-0.05, 0) is 18.1 Å². The van der Waals surface area contributed by atoms with Crippen LogP contribution in [0.15, 0.2) is 42.5 Å². The molecule has 3 aliphatic heterocycles. The number of benzene rings is 1. The first-order chi connectivity index (χ1) is 10.0. The second kappa shape index (κ2) is 4.47. The summed E-state index contributed by atoms with van der Waals surface area (Å²) in [7, 11) is -3.49. The lowest BCUT2D eigenvalue weighted by Gasteiger charge is -2.45. The van der Waals surface area contributed by atoms with E-state index in [0.717, 1.165) is 5.56 Å². The summed E-state index contributed by atoms with van der Waals surface area (Å²) in [5.41, 5.74) is -0.0931. The Bertz CT molecular complexity index is 634. The molecule has 0 saturated carbocycles. The number of hydrogen-bond acceptors (Lipinski definition) is 4. The van der Waals surface area contributed by atoms with E-state index in [0.29, 0.717) is 12.8 Å². The molecule has 5 nitrogen and oxygen atoms in total. The number of rotatable bonds is 2. The predicted octanol–water partition coefficient (Wildman–Crippen LogP) is 0.573. The molecule has 2 bridgehead atoms. The number of sulfonamides is 1. The third kappa shape index (κ3) is 1.94. The highest BCUT2D eigenvalue weighted by atomic mass is 32.3. The van der Waals surface area contributed by atoms with Gasteiger partial charge in [0.25, 0.3) is 0 Å². The molecule has 2 N–H and O–H groups in total. The Kier molecular flexibility index (Phi) is 2.90. The lowest BCUT2D eigenvalue weighted by molar-refractivity contribution is -0.0775. The van der Waals surface area contributed by atoms with Gasteiger partial charge in [-0.2, -0.15) is 0 Å². The molecule has 2 saturated heterocycles. The quantitative estimate of drug-likeness (QED) is 0.618. The van der Waals surface area contributed by atoms with Gasteiger partial charge in [0.2, 0.25) is 0 Å². The molecule has 2 fully saturated rings. The molecule has 0 radical (unpaired) electrons. The number of hydrogen-bond donors (Lipinski definition) is 2. The largest absolute Gasteiger partial charge is 0.597 e. The van der Waals surface area contributed by atoms with E-state index in [1.807, 2.05) is 36.4 Å². The molecule has 1 spiro atoms. The van der Waals surface area contributed by atoms with E-state index < -0.39 is 33.4 Å². The van der Waals surface area contributed by atoms with Crippen molar-refractivity contribution in [2.24, 2.45) is 0 Å². The summed E-state index contributed by atoms with van der Waals surface area (Å²) in [5, 5.41) is 10.0. The Morgan fingerprint density at radius 2 is 2.19 bits per heavy atom. The summed E-state index contributed by atoms with van der Waals surface area (Å²) in [6, 6.07) is 8.98. The lowest BCUT2D eigenvalue weighted by Crippen LogP contribution is -2.69. The van der Waals surface area contributed by atoms with Gasteiger partial charge < -0.3 is 14.4 Å². The molecule has 4 rings (SSSR count). The predicted molar refractivity (Wildman–Crippen MR) is 77.1 cm³/mol. The molecular formula is C15H17NO4S. The summed E-state index contributed by atoms with van der Waals surface area (Å²) in [6.45, 7) is 0. The summed E-state index contributed by atoms with van der Waals surface area (Å²) in [4.78, 5) is 0. The highest BCUT2D eigenvalue weighted by Crippen LogP contribution is 2.48. The van der Waals surface area contributed by atoms with Crippen LogP contribution in [0.3, 0.4) is 0 Å². The standard InChI is InChI=1S/C15H17NO4S/c17-14-12(8-10-4-2-1-3-5-10)16-21(18,19)13-9-11-6-7-15(13,14)20-11/h1-7,11-14,17H,8-9H2,(H-,16,18,19)/t11?,12-,13-,14+,15+/m0/s1. The molecule has 1 aromatic rings. The monoisotopic (exact) mass is 307 g/mol. The van der Waals surface area contributed by atoms with Gasteiger partial charge in [0.05, 0.1) is 12.1 Å². The van der Waals surface area contributed by atoms with Crippen molar-refractivity contribution in [1.29, 1.82) is 0 Å². The van der Waals surface area contributed by atoms with Crippen molar-refractivity contribution in [2.45, 2.75) is 41.9 Å². The van der Waals surface area contributed by atoms with Crippen molar-refractivity contribution in [1.82, 2.24) is 4.72 Å². The van der Waals surface area contributed by atoms with Gasteiger partial charge in [-0.15, -0.1) is 4.72 Å². The zero-order valence-corrected chi connectivity index (χ0v) is 12.2. The highest BCUT2D eigenvalue weighted by molar-refractivity contribution is 7.96. The SMILES string of the molecule is O=[S+]1([O-])N[C@@H](Cc2ccccc2)[C@@H](O)[C@@]23C=CC(C[C@@H]21)O3. The molecule has 0 aromatic heterocycles. The van der Waals surface area contributed by atoms with Crippen molar-refractivity contribution in [3.05, 3.63) is 48.0 Å². The van der Waals surface area contributed by atoms with Crippen molar-refractivity contribution < 1.29 is 18.6 Å². The van der Waals surface area contributed by atoms with Crippen LogP contribution in [0.4, 0.5) is 0 Å². The third-order valence-corrected chi connectivity index (χ3v) is 6.65. The fourth-order valence-corrected chi connectivity index (χ4v) is 5.72. The number of fused-ring (bicyclic) bond motifs is 1. The summed E-state index contributed by atoms with van der Waals surface area (Å²) < 4.78 is 33.4. The Hall–Kier alpha value is -1.05. The van der Waals surface area contributed by atoms with Gasteiger partial charge in [0, 0.05) is 6.42 Å². The Morgan fingerprint density at radius 3 is 2.90 bits per heavy atom. The maximum absolute atomic E-state index is 12.5. The second-order valence-electron chi connectivity index (χ2n) is 6.00.